The highest BCUT2D eigenvalue weighted by Crippen LogP contribution is 2.23. The molecule has 20 heavy (non-hydrogen) atoms. The number of nitrogens with two attached hydrogens (primary N) is 1. The summed E-state index contributed by atoms with van der Waals surface area (Å²) in [5.74, 6) is 0.299. The van der Waals surface area contributed by atoms with Gasteiger partial charge >= 0.3 is 5.69 Å². The lowest BCUT2D eigenvalue weighted by Crippen LogP contribution is -2.13. The molecule has 0 amide bonds. The van der Waals surface area contributed by atoms with Gasteiger partial charge in [0.15, 0.2) is 5.65 Å². The second-order valence-electron chi connectivity index (χ2n) is 4.15. The molecule has 0 aliphatic carbocycles. The van der Waals surface area contributed by atoms with Gasteiger partial charge in [0.1, 0.15) is 17.4 Å². The van der Waals surface area contributed by atoms with Crippen LogP contribution in [0.5, 0.6) is 11.6 Å². The number of rotatable bonds is 2. The summed E-state index contributed by atoms with van der Waals surface area (Å²) in [4.78, 5) is 15.6. The van der Waals surface area contributed by atoms with Crippen LogP contribution in [0.3, 0.4) is 0 Å². The molecule has 3 rings (SSSR count). The SMILES string of the molecule is Cc1nc(Oc2ccc(N)c(F)c2)cc2n[nH]c(=O)n12. The first-order valence-electron chi connectivity index (χ1n) is 5.72. The predicted octanol–water partition coefficient (Wildman–Crippen LogP) is 1.24. The summed E-state index contributed by atoms with van der Waals surface area (Å²) in [6.45, 7) is 1.64. The number of hydrogen-bond acceptors (Lipinski definition) is 5. The summed E-state index contributed by atoms with van der Waals surface area (Å²) in [6, 6.07) is 5.55. The van der Waals surface area contributed by atoms with Crippen molar-refractivity contribution in [1.82, 2.24) is 19.6 Å². The molecule has 7 nitrogen and oxygen atoms in total. The van der Waals surface area contributed by atoms with Gasteiger partial charge in [-0.05, 0) is 19.1 Å². The zero-order chi connectivity index (χ0) is 14.3. The Morgan fingerprint density at radius 2 is 2.20 bits per heavy atom. The number of nitrogens with zero attached hydrogens (tertiary/aromatic N) is 3. The molecule has 102 valence electrons. The number of aryl methyl sites for hydroxylation is 1. The van der Waals surface area contributed by atoms with Crippen molar-refractivity contribution in [3.05, 3.63) is 46.4 Å². The molecule has 2 heterocycles. The minimum atomic E-state index is -0.573. The van der Waals surface area contributed by atoms with Gasteiger partial charge in [-0.1, -0.05) is 0 Å². The van der Waals surface area contributed by atoms with Gasteiger partial charge < -0.3 is 10.5 Å². The van der Waals surface area contributed by atoms with Crippen molar-refractivity contribution >= 4 is 11.3 Å². The fraction of sp³-hybridized carbons (Fsp3) is 0.0833. The predicted molar refractivity (Wildman–Crippen MR) is 69.2 cm³/mol. The molecule has 0 radical (unpaired) electrons. The lowest BCUT2D eigenvalue weighted by atomic mass is 10.3. The molecule has 8 heteroatoms. The minimum Gasteiger partial charge on any atom is -0.439 e. The Labute approximate surface area is 111 Å². The lowest BCUT2D eigenvalue weighted by molar-refractivity contribution is 0.455. The molecule has 0 bridgehead atoms. The minimum absolute atomic E-state index is 0.0378. The quantitative estimate of drug-likeness (QED) is 0.685. The van der Waals surface area contributed by atoms with E-state index in [2.05, 4.69) is 15.2 Å². The standard InChI is InChI=1S/C12H10FN5O2/c1-6-15-11(5-10-16-17-12(19)18(6)10)20-7-2-3-9(14)8(13)4-7/h2-5H,14H2,1H3,(H,17,19). The van der Waals surface area contributed by atoms with Crippen molar-refractivity contribution in [2.24, 2.45) is 0 Å². The van der Waals surface area contributed by atoms with E-state index in [0.717, 1.165) is 6.07 Å². The van der Waals surface area contributed by atoms with Crippen molar-refractivity contribution in [3.63, 3.8) is 0 Å². The summed E-state index contributed by atoms with van der Waals surface area (Å²) >= 11 is 0. The number of H-pyrrole nitrogens is 1. The number of hydrogen-bond donors (Lipinski definition) is 2. The summed E-state index contributed by atoms with van der Waals surface area (Å²) in [7, 11) is 0. The van der Waals surface area contributed by atoms with Crippen LogP contribution in [-0.2, 0) is 0 Å². The topological polar surface area (TPSA) is 98.3 Å². The van der Waals surface area contributed by atoms with Crippen LogP contribution in [-0.4, -0.2) is 19.6 Å². The highest BCUT2D eigenvalue weighted by atomic mass is 19.1. The zero-order valence-electron chi connectivity index (χ0n) is 10.4. The van der Waals surface area contributed by atoms with Gasteiger partial charge in [-0.2, -0.15) is 10.1 Å². The first kappa shape index (κ1) is 12.2. The van der Waals surface area contributed by atoms with Crippen LogP contribution in [0.1, 0.15) is 5.82 Å². The summed E-state index contributed by atoms with van der Waals surface area (Å²) in [5, 5.41) is 6.13. The fourth-order valence-corrected chi connectivity index (χ4v) is 1.82. The molecule has 0 aliphatic rings. The van der Waals surface area contributed by atoms with Crippen LogP contribution in [0.25, 0.3) is 5.65 Å². The normalized spacial score (nSPS) is 10.9. The largest absolute Gasteiger partial charge is 0.439 e. The Balaban J connectivity index is 2.02. The number of nitrogen functional groups attached to an aromatic ring is 1. The van der Waals surface area contributed by atoms with E-state index < -0.39 is 5.82 Å². The van der Waals surface area contributed by atoms with Gasteiger partial charge in [-0.3, -0.25) is 0 Å². The number of fused-ring (bicyclic) bond motifs is 1. The number of aromatic amines is 1. The van der Waals surface area contributed by atoms with Crippen LogP contribution < -0.4 is 16.2 Å². The van der Waals surface area contributed by atoms with Crippen molar-refractivity contribution in [3.8, 4) is 11.6 Å². The lowest BCUT2D eigenvalue weighted by Gasteiger charge is -2.07. The van der Waals surface area contributed by atoms with E-state index in [0.29, 0.717) is 11.5 Å². The van der Waals surface area contributed by atoms with Crippen LogP contribution in [0.2, 0.25) is 0 Å². The Morgan fingerprint density at radius 3 is 2.95 bits per heavy atom. The number of anilines is 1. The molecule has 3 N–H and O–H groups in total. The zero-order valence-corrected chi connectivity index (χ0v) is 10.4. The van der Waals surface area contributed by atoms with Crippen molar-refractivity contribution in [1.29, 1.82) is 0 Å². The Kier molecular flexibility index (Phi) is 2.63. The molecule has 0 atom stereocenters. The maximum absolute atomic E-state index is 13.3. The van der Waals surface area contributed by atoms with Crippen molar-refractivity contribution in [2.45, 2.75) is 6.92 Å². The summed E-state index contributed by atoms with van der Waals surface area (Å²) in [5.41, 5.74) is 5.41. The highest BCUT2D eigenvalue weighted by Gasteiger charge is 2.09. The number of benzene rings is 1. The second kappa shape index (κ2) is 4.34. The third-order valence-electron chi connectivity index (χ3n) is 2.74. The van der Waals surface area contributed by atoms with Gasteiger partial charge in [-0.25, -0.2) is 18.7 Å². The van der Waals surface area contributed by atoms with Gasteiger partial charge in [0.05, 0.1) is 5.69 Å². The van der Waals surface area contributed by atoms with E-state index in [1.807, 2.05) is 0 Å². The third-order valence-corrected chi connectivity index (χ3v) is 2.74. The number of halogens is 1. The van der Waals surface area contributed by atoms with Crippen LogP contribution in [0, 0.1) is 12.7 Å². The van der Waals surface area contributed by atoms with Crippen LogP contribution >= 0.6 is 0 Å². The Bertz CT molecular complexity index is 855. The molecule has 0 unspecified atom stereocenters. The molecule has 2 aromatic heterocycles. The second-order valence-corrected chi connectivity index (χ2v) is 4.15. The number of ether oxygens (including phenoxy) is 1. The van der Waals surface area contributed by atoms with Crippen molar-refractivity contribution in [2.75, 3.05) is 5.73 Å². The molecule has 0 spiro atoms. The van der Waals surface area contributed by atoms with Crippen molar-refractivity contribution < 1.29 is 9.13 Å². The Hall–Kier alpha value is -2.90. The molecular weight excluding hydrogens is 265 g/mol. The summed E-state index contributed by atoms with van der Waals surface area (Å²) in [6.07, 6.45) is 0. The first-order valence-corrected chi connectivity index (χ1v) is 5.72. The molecule has 1 aromatic carbocycles. The van der Waals surface area contributed by atoms with E-state index in [1.165, 1.54) is 22.6 Å². The smallest absolute Gasteiger partial charge is 0.349 e. The molecule has 3 aromatic rings. The average Bonchev–Trinajstić information content (AvgIpc) is 2.76. The van der Waals surface area contributed by atoms with E-state index in [1.54, 1.807) is 6.92 Å². The fourth-order valence-electron chi connectivity index (χ4n) is 1.82. The van der Waals surface area contributed by atoms with Gasteiger partial charge in [0.2, 0.25) is 5.88 Å². The average molecular weight is 275 g/mol. The van der Waals surface area contributed by atoms with E-state index in [-0.39, 0.29) is 23.0 Å². The molecule has 0 saturated carbocycles. The maximum atomic E-state index is 13.3. The molecular formula is C12H10FN5O2. The van der Waals surface area contributed by atoms with Crippen LogP contribution in [0.15, 0.2) is 29.1 Å². The maximum Gasteiger partial charge on any atom is 0.349 e. The molecule has 0 aliphatic heterocycles. The Morgan fingerprint density at radius 1 is 1.40 bits per heavy atom. The van der Waals surface area contributed by atoms with Gasteiger partial charge in [0, 0.05) is 12.1 Å². The third kappa shape index (κ3) is 1.96. The number of aromatic nitrogens is 4. The summed E-state index contributed by atoms with van der Waals surface area (Å²) < 4.78 is 20.1. The highest BCUT2D eigenvalue weighted by molar-refractivity contribution is 5.46. The van der Waals surface area contributed by atoms with E-state index in [9.17, 15) is 9.18 Å². The van der Waals surface area contributed by atoms with E-state index >= 15 is 0 Å². The number of nitrogens with one attached hydrogen (secondary N) is 1. The first-order chi connectivity index (χ1) is 9.54. The van der Waals surface area contributed by atoms with E-state index in [4.69, 9.17) is 10.5 Å². The monoisotopic (exact) mass is 275 g/mol. The van der Waals surface area contributed by atoms with Gasteiger partial charge in [-0.15, -0.1) is 0 Å². The van der Waals surface area contributed by atoms with Gasteiger partial charge in [0.25, 0.3) is 0 Å². The molecule has 0 fully saturated rings. The molecule has 0 saturated heterocycles. The van der Waals surface area contributed by atoms with Crippen LogP contribution in [0.4, 0.5) is 10.1 Å².